The van der Waals surface area contributed by atoms with Crippen LogP contribution in [0.2, 0.25) is 0 Å². The van der Waals surface area contributed by atoms with Gasteiger partial charge < -0.3 is 9.88 Å². The lowest BCUT2D eigenvalue weighted by Gasteiger charge is -2.09. The van der Waals surface area contributed by atoms with Crippen molar-refractivity contribution in [2.75, 3.05) is 6.54 Å². The number of rotatable bonds is 3. The summed E-state index contributed by atoms with van der Waals surface area (Å²) in [6, 6.07) is 10.9. The van der Waals surface area contributed by atoms with Gasteiger partial charge in [-0.3, -0.25) is 0 Å². The minimum absolute atomic E-state index is 0.618. The van der Waals surface area contributed by atoms with Gasteiger partial charge in [0.05, 0.1) is 12.0 Å². The van der Waals surface area contributed by atoms with Gasteiger partial charge in [0.25, 0.3) is 0 Å². The number of nitrogens with one attached hydrogen (secondary N) is 1. The smallest absolute Gasteiger partial charge is 0.0954 e. The van der Waals surface area contributed by atoms with Crippen molar-refractivity contribution in [1.82, 2.24) is 14.9 Å². The molecule has 2 aromatic rings. The first kappa shape index (κ1) is 10.5. The lowest BCUT2D eigenvalue weighted by Crippen LogP contribution is -2.26. The summed E-state index contributed by atoms with van der Waals surface area (Å²) >= 11 is 0. The summed E-state index contributed by atoms with van der Waals surface area (Å²) in [5.74, 6) is 0. The van der Waals surface area contributed by atoms with Gasteiger partial charge in [0.1, 0.15) is 0 Å². The molecule has 0 spiro atoms. The first-order valence-corrected chi connectivity index (χ1v) is 6.22. The van der Waals surface area contributed by atoms with E-state index in [0.29, 0.717) is 6.04 Å². The summed E-state index contributed by atoms with van der Waals surface area (Å²) in [6.45, 7) is 2.19. The Hall–Kier alpha value is -1.61. The Labute approximate surface area is 101 Å². The summed E-state index contributed by atoms with van der Waals surface area (Å²) in [7, 11) is 0. The van der Waals surface area contributed by atoms with Gasteiger partial charge in [-0.2, -0.15) is 0 Å². The SMILES string of the molecule is c1ccc(-c2cn(C[C@@H]3CCCN3)cn2)cc1. The molecule has 0 saturated carbocycles. The lowest BCUT2D eigenvalue weighted by atomic mass is 10.2. The van der Waals surface area contributed by atoms with Gasteiger partial charge in [0.2, 0.25) is 0 Å². The first-order valence-electron chi connectivity index (χ1n) is 6.22. The summed E-state index contributed by atoms with van der Waals surface area (Å²) in [5.41, 5.74) is 2.24. The molecule has 0 unspecified atom stereocenters. The van der Waals surface area contributed by atoms with Gasteiger partial charge in [-0.25, -0.2) is 4.98 Å². The number of benzene rings is 1. The number of imidazole rings is 1. The Morgan fingerprint density at radius 1 is 1.29 bits per heavy atom. The van der Waals surface area contributed by atoms with Gasteiger partial charge in [-0.05, 0) is 19.4 Å². The van der Waals surface area contributed by atoms with E-state index in [0.717, 1.165) is 18.8 Å². The van der Waals surface area contributed by atoms with Crippen LogP contribution in [0.5, 0.6) is 0 Å². The van der Waals surface area contributed by atoms with Crippen molar-refractivity contribution in [3.05, 3.63) is 42.9 Å². The highest BCUT2D eigenvalue weighted by Gasteiger charge is 2.14. The van der Waals surface area contributed by atoms with Crippen molar-refractivity contribution in [1.29, 1.82) is 0 Å². The fourth-order valence-electron chi connectivity index (χ4n) is 2.38. The average molecular weight is 227 g/mol. The lowest BCUT2D eigenvalue weighted by molar-refractivity contribution is 0.509. The molecule has 17 heavy (non-hydrogen) atoms. The molecule has 1 N–H and O–H groups in total. The van der Waals surface area contributed by atoms with Crippen LogP contribution in [0, 0.1) is 0 Å². The molecule has 1 aromatic carbocycles. The van der Waals surface area contributed by atoms with Crippen LogP contribution in [0.3, 0.4) is 0 Å². The van der Waals surface area contributed by atoms with E-state index in [9.17, 15) is 0 Å². The molecule has 1 aliphatic rings. The summed E-state index contributed by atoms with van der Waals surface area (Å²) in [5, 5.41) is 3.51. The average Bonchev–Trinajstić information content (AvgIpc) is 3.02. The number of aromatic nitrogens is 2. The van der Waals surface area contributed by atoms with Crippen molar-refractivity contribution in [3.63, 3.8) is 0 Å². The molecule has 3 rings (SSSR count). The van der Waals surface area contributed by atoms with Crippen molar-refractivity contribution in [2.24, 2.45) is 0 Å². The standard InChI is InChI=1S/C14H17N3/c1-2-5-12(6-3-1)14-10-17(11-16-14)9-13-7-4-8-15-13/h1-3,5-6,10-11,13,15H,4,7-9H2/t13-/m0/s1. The van der Waals surface area contributed by atoms with Gasteiger partial charge in [0, 0.05) is 24.3 Å². The minimum atomic E-state index is 0.618. The van der Waals surface area contributed by atoms with Crippen LogP contribution in [0.4, 0.5) is 0 Å². The third kappa shape index (κ3) is 2.39. The van der Waals surface area contributed by atoms with Gasteiger partial charge in [0.15, 0.2) is 0 Å². The Balaban J connectivity index is 1.74. The zero-order valence-corrected chi connectivity index (χ0v) is 9.84. The number of nitrogens with zero attached hydrogens (tertiary/aromatic N) is 2. The topological polar surface area (TPSA) is 29.9 Å². The Bertz CT molecular complexity index is 469. The molecule has 1 aliphatic heterocycles. The van der Waals surface area contributed by atoms with E-state index >= 15 is 0 Å². The molecule has 3 nitrogen and oxygen atoms in total. The second kappa shape index (κ2) is 4.72. The number of hydrogen-bond donors (Lipinski definition) is 1. The maximum Gasteiger partial charge on any atom is 0.0954 e. The first-order chi connectivity index (χ1) is 8.42. The fourth-order valence-corrected chi connectivity index (χ4v) is 2.38. The van der Waals surface area contributed by atoms with Crippen LogP contribution in [-0.4, -0.2) is 22.1 Å². The van der Waals surface area contributed by atoms with Gasteiger partial charge in [-0.1, -0.05) is 30.3 Å². The Morgan fingerprint density at radius 2 is 2.18 bits per heavy atom. The normalized spacial score (nSPS) is 19.6. The van der Waals surface area contributed by atoms with Crippen LogP contribution in [0.1, 0.15) is 12.8 Å². The van der Waals surface area contributed by atoms with Crippen molar-refractivity contribution >= 4 is 0 Å². The molecule has 0 amide bonds. The van der Waals surface area contributed by atoms with Crippen LogP contribution in [0.25, 0.3) is 11.3 Å². The summed E-state index contributed by atoms with van der Waals surface area (Å²) in [4.78, 5) is 4.46. The molecule has 1 fully saturated rings. The van der Waals surface area contributed by atoms with Crippen molar-refractivity contribution in [3.8, 4) is 11.3 Å². The fraction of sp³-hybridized carbons (Fsp3) is 0.357. The second-order valence-electron chi connectivity index (χ2n) is 4.62. The zero-order chi connectivity index (χ0) is 11.5. The third-order valence-electron chi connectivity index (χ3n) is 3.30. The van der Waals surface area contributed by atoms with Gasteiger partial charge in [-0.15, -0.1) is 0 Å². The highest BCUT2D eigenvalue weighted by Crippen LogP contribution is 2.16. The molecule has 3 heteroatoms. The molecule has 0 bridgehead atoms. The molecular weight excluding hydrogens is 210 g/mol. The highest BCUT2D eigenvalue weighted by molar-refractivity contribution is 5.57. The summed E-state index contributed by atoms with van der Waals surface area (Å²) < 4.78 is 2.19. The van der Waals surface area contributed by atoms with E-state index in [-0.39, 0.29) is 0 Å². The highest BCUT2D eigenvalue weighted by atomic mass is 15.1. The van der Waals surface area contributed by atoms with Crippen LogP contribution < -0.4 is 5.32 Å². The Kier molecular flexibility index (Phi) is 2.92. The van der Waals surface area contributed by atoms with E-state index in [1.54, 1.807) is 0 Å². The maximum absolute atomic E-state index is 4.46. The van der Waals surface area contributed by atoms with E-state index in [2.05, 4.69) is 33.2 Å². The van der Waals surface area contributed by atoms with Crippen molar-refractivity contribution in [2.45, 2.75) is 25.4 Å². The number of hydrogen-bond acceptors (Lipinski definition) is 2. The van der Waals surface area contributed by atoms with E-state index in [4.69, 9.17) is 0 Å². The van der Waals surface area contributed by atoms with Crippen LogP contribution in [0.15, 0.2) is 42.9 Å². The van der Waals surface area contributed by atoms with Crippen LogP contribution in [-0.2, 0) is 6.54 Å². The molecule has 1 saturated heterocycles. The molecule has 88 valence electrons. The molecule has 2 heterocycles. The van der Waals surface area contributed by atoms with E-state index in [1.165, 1.54) is 18.4 Å². The van der Waals surface area contributed by atoms with Crippen molar-refractivity contribution < 1.29 is 0 Å². The van der Waals surface area contributed by atoms with Crippen LogP contribution >= 0.6 is 0 Å². The monoisotopic (exact) mass is 227 g/mol. The molecule has 0 aliphatic carbocycles. The second-order valence-corrected chi connectivity index (χ2v) is 4.62. The van der Waals surface area contributed by atoms with E-state index in [1.807, 2.05) is 24.5 Å². The predicted molar refractivity (Wildman–Crippen MR) is 68.7 cm³/mol. The minimum Gasteiger partial charge on any atom is -0.335 e. The quantitative estimate of drug-likeness (QED) is 0.872. The Morgan fingerprint density at radius 3 is 2.94 bits per heavy atom. The molecular formula is C14H17N3. The molecule has 0 radical (unpaired) electrons. The summed E-state index contributed by atoms with van der Waals surface area (Å²) in [6.07, 6.45) is 6.64. The largest absolute Gasteiger partial charge is 0.335 e. The molecule has 1 aromatic heterocycles. The van der Waals surface area contributed by atoms with E-state index < -0.39 is 0 Å². The maximum atomic E-state index is 4.46. The zero-order valence-electron chi connectivity index (χ0n) is 9.84. The predicted octanol–water partition coefficient (Wildman–Crippen LogP) is 2.30. The molecule has 1 atom stereocenters. The van der Waals surface area contributed by atoms with Gasteiger partial charge >= 0.3 is 0 Å². The third-order valence-corrected chi connectivity index (χ3v) is 3.30.